The number of carbonyl (C=O) groups excluding carboxylic acids is 2. The summed E-state index contributed by atoms with van der Waals surface area (Å²) in [5, 5.41) is 3.12. The molecule has 2 heterocycles. The van der Waals surface area contributed by atoms with Crippen LogP contribution in [0.4, 0.5) is 11.4 Å². The van der Waals surface area contributed by atoms with E-state index in [1.807, 2.05) is 17.0 Å². The van der Waals surface area contributed by atoms with Crippen molar-refractivity contribution in [2.75, 3.05) is 49.6 Å². The van der Waals surface area contributed by atoms with Gasteiger partial charge in [0.25, 0.3) is 5.91 Å². The molecule has 1 aromatic rings. The van der Waals surface area contributed by atoms with Crippen LogP contribution in [0, 0.1) is 0 Å². The van der Waals surface area contributed by atoms with Gasteiger partial charge in [-0.15, -0.1) is 0 Å². The van der Waals surface area contributed by atoms with Gasteiger partial charge in [0.15, 0.2) is 12.5 Å². The Morgan fingerprint density at radius 1 is 1.41 bits per heavy atom. The minimum absolute atomic E-state index is 0.00616. The summed E-state index contributed by atoms with van der Waals surface area (Å²) in [4.78, 5) is 27.4. The van der Waals surface area contributed by atoms with Crippen LogP contribution >= 0.6 is 0 Å². The molecule has 2 aliphatic rings. The van der Waals surface area contributed by atoms with Crippen LogP contribution in [-0.4, -0.2) is 62.7 Å². The molecule has 2 aliphatic heterocycles. The third-order valence-electron chi connectivity index (χ3n) is 3.99. The maximum atomic E-state index is 12.6. The molecule has 3 rings (SSSR count). The lowest BCUT2D eigenvalue weighted by Crippen LogP contribution is -2.41. The average molecular weight is 304 g/mol. The number of benzene rings is 1. The molecule has 0 saturated carbocycles. The molecule has 1 fully saturated rings. The van der Waals surface area contributed by atoms with Crippen molar-refractivity contribution >= 4 is 23.6 Å². The number of amides is 1. The van der Waals surface area contributed by atoms with E-state index < -0.39 is 6.17 Å². The van der Waals surface area contributed by atoms with Crippen LogP contribution < -0.4 is 16.0 Å². The molecular formula is C15H20N4O3. The van der Waals surface area contributed by atoms with Crippen LogP contribution in [0.2, 0.25) is 0 Å². The topological polar surface area (TPSA) is 87.9 Å². The van der Waals surface area contributed by atoms with E-state index in [0.29, 0.717) is 45.0 Å². The van der Waals surface area contributed by atoms with Crippen LogP contribution in [0.25, 0.3) is 0 Å². The van der Waals surface area contributed by atoms with Crippen molar-refractivity contribution in [2.45, 2.75) is 6.17 Å². The Balaban J connectivity index is 1.85. The molecule has 118 valence electrons. The maximum Gasteiger partial charge on any atom is 0.254 e. The Morgan fingerprint density at radius 3 is 2.86 bits per heavy atom. The highest BCUT2D eigenvalue weighted by atomic mass is 16.5. The van der Waals surface area contributed by atoms with E-state index in [2.05, 4.69) is 5.32 Å². The quantitative estimate of drug-likeness (QED) is 0.754. The number of fused-ring (bicyclic) bond motifs is 1. The summed E-state index contributed by atoms with van der Waals surface area (Å²) in [6.45, 7) is 3.36. The summed E-state index contributed by atoms with van der Waals surface area (Å²) >= 11 is 0. The molecule has 0 radical (unpaired) electrons. The largest absolute Gasteiger partial charge is 0.378 e. The Hall–Kier alpha value is -2.12. The zero-order valence-electron chi connectivity index (χ0n) is 12.3. The molecule has 0 aliphatic carbocycles. The Labute approximate surface area is 129 Å². The SMILES string of the molecule is NCCN1c2cc(C(=O)N3CCOCC3)ccc2NC1C=O. The number of nitrogens with one attached hydrogen (secondary N) is 1. The summed E-state index contributed by atoms with van der Waals surface area (Å²) < 4.78 is 5.27. The summed E-state index contributed by atoms with van der Waals surface area (Å²) in [6, 6.07) is 5.47. The summed E-state index contributed by atoms with van der Waals surface area (Å²) in [5.74, 6) is -0.00616. The second kappa shape index (κ2) is 6.33. The number of nitrogens with zero attached hydrogens (tertiary/aromatic N) is 2. The van der Waals surface area contributed by atoms with Crippen LogP contribution in [0.3, 0.4) is 0 Å². The van der Waals surface area contributed by atoms with Crippen LogP contribution in [0.15, 0.2) is 18.2 Å². The summed E-state index contributed by atoms with van der Waals surface area (Å²) in [6.07, 6.45) is 0.423. The Morgan fingerprint density at radius 2 is 2.18 bits per heavy atom. The van der Waals surface area contributed by atoms with Crippen molar-refractivity contribution in [3.63, 3.8) is 0 Å². The lowest BCUT2D eigenvalue weighted by Gasteiger charge is -2.27. The van der Waals surface area contributed by atoms with Crippen LogP contribution in [0.5, 0.6) is 0 Å². The minimum Gasteiger partial charge on any atom is -0.378 e. The first-order chi connectivity index (χ1) is 10.7. The third-order valence-corrected chi connectivity index (χ3v) is 3.99. The molecule has 22 heavy (non-hydrogen) atoms. The number of hydrogen-bond acceptors (Lipinski definition) is 6. The van der Waals surface area contributed by atoms with Crippen molar-refractivity contribution < 1.29 is 14.3 Å². The number of rotatable bonds is 4. The number of ether oxygens (including phenoxy) is 1. The fourth-order valence-electron chi connectivity index (χ4n) is 2.87. The molecule has 7 nitrogen and oxygen atoms in total. The highest BCUT2D eigenvalue weighted by Crippen LogP contribution is 2.34. The van der Waals surface area contributed by atoms with E-state index in [1.165, 1.54) is 0 Å². The standard InChI is InChI=1S/C15H20N4O3/c16-3-4-19-13-9-11(1-2-12(13)17-14(19)10-20)15(21)18-5-7-22-8-6-18/h1-2,9-10,14,17H,3-8,16H2. The minimum atomic E-state index is -0.424. The lowest BCUT2D eigenvalue weighted by molar-refractivity contribution is -0.108. The fourth-order valence-corrected chi connectivity index (χ4v) is 2.87. The van der Waals surface area contributed by atoms with Crippen molar-refractivity contribution in [3.8, 4) is 0 Å². The molecule has 1 unspecified atom stereocenters. The van der Waals surface area contributed by atoms with Gasteiger partial charge in [0.1, 0.15) is 0 Å². The molecule has 7 heteroatoms. The first-order valence-electron chi connectivity index (χ1n) is 7.44. The first-order valence-corrected chi connectivity index (χ1v) is 7.44. The van der Waals surface area contributed by atoms with E-state index in [1.54, 1.807) is 11.0 Å². The molecule has 0 aromatic heterocycles. The molecule has 1 atom stereocenters. The second-order valence-corrected chi connectivity index (χ2v) is 5.34. The van der Waals surface area contributed by atoms with Crippen molar-refractivity contribution in [1.29, 1.82) is 0 Å². The predicted octanol–water partition coefficient (Wildman–Crippen LogP) is -0.125. The van der Waals surface area contributed by atoms with E-state index in [9.17, 15) is 9.59 Å². The van der Waals surface area contributed by atoms with Gasteiger partial charge < -0.3 is 25.6 Å². The Kier molecular flexibility index (Phi) is 4.26. The van der Waals surface area contributed by atoms with Crippen LogP contribution in [-0.2, 0) is 9.53 Å². The number of anilines is 2. The van der Waals surface area contributed by atoms with Gasteiger partial charge in [0.2, 0.25) is 0 Å². The monoisotopic (exact) mass is 304 g/mol. The molecule has 0 bridgehead atoms. The van der Waals surface area contributed by atoms with Gasteiger partial charge in [-0.3, -0.25) is 9.59 Å². The molecule has 1 aromatic carbocycles. The van der Waals surface area contributed by atoms with Gasteiger partial charge in [0, 0.05) is 31.7 Å². The molecular weight excluding hydrogens is 284 g/mol. The highest BCUT2D eigenvalue weighted by molar-refractivity contribution is 5.98. The van der Waals surface area contributed by atoms with Crippen molar-refractivity contribution in [3.05, 3.63) is 23.8 Å². The maximum absolute atomic E-state index is 12.6. The average Bonchev–Trinajstić information content (AvgIpc) is 2.92. The number of morpholine rings is 1. The second-order valence-electron chi connectivity index (χ2n) is 5.34. The number of carbonyl (C=O) groups is 2. The van der Waals surface area contributed by atoms with E-state index in [-0.39, 0.29) is 5.91 Å². The van der Waals surface area contributed by atoms with Crippen molar-refractivity contribution in [1.82, 2.24) is 4.90 Å². The molecule has 3 N–H and O–H groups in total. The van der Waals surface area contributed by atoms with E-state index in [4.69, 9.17) is 10.5 Å². The molecule has 1 saturated heterocycles. The fraction of sp³-hybridized carbons (Fsp3) is 0.467. The highest BCUT2D eigenvalue weighted by Gasteiger charge is 2.29. The number of hydrogen-bond donors (Lipinski definition) is 2. The van der Waals surface area contributed by atoms with Gasteiger partial charge in [-0.1, -0.05) is 0 Å². The molecule has 1 amide bonds. The van der Waals surface area contributed by atoms with Gasteiger partial charge in [0.05, 0.1) is 24.6 Å². The van der Waals surface area contributed by atoms with Crippen LogP contribution in [0.1, 0.15) is 10.4 Å². The number of aldehydes is 1. The number of nitrogens with two attached hydrogens (primary N) is 1. The zero-order chi connectivity index (χ0) is 15.5. The van der Waals surface area contributed by atoms with Gasteiger partial charge in [-0.05, 0) is 18.2 Å². The summed E-state index contributed by atoms with van der Waals surface area (Å²) in [7, 11) is 0. The smallest absolute Gasteiger partial charge is 0.254 e. The summed E-state index contributed by atoms with van der Waals surface area (Å²) in [5.41, 5.74) is 7.94. The Bertz CT molecular complexity index is 572. The molecule has 0 spiro atoms. The van der Waals surface area contributed by atoms with Gasteiger partial charge in [-0.2, -0.15) is 0 Å². The van der Waals surface area contributed by atoms with Crippen molar-refractivity contribution in [2.24, 2.45) is 5.73 Å². The van der Waals surface area contributed by atoms with Gasteiger partial charge in [-0.25, -0.2) is 0 Å². The van der Waals surface area contributed by atoms with E-state index >= 15 is 0 Å². The van der Waals surface area contributed by atoms with Gasteiger partial charge >= 0.3 is 0 Å². The predicted molar refractivity (Wildman–Crippen MR) is 83.0 cm³/mol. The lowest BCUT2D eigenvalue weighted by atomic mass is 10.1. The third kappa shape index (κ3) is 2.65. The van der Waals surface area contributed by atoms with E-state index in [0.717, 1.165) is 17.7 Å². The normalized spacial score (nSPS) is 20.5. The first kappa shape index (κ1) is 14.8. The zero-order valence-corrected chi connectivity index (χ0v) is 12.3.